The van der Waals surface area contributed by atoms with E-state index in [2.05, 4.69) is 35.4 Å². The van der Waals surface area contributed by atoms with E-state index in [1.165, 1.54) is 0 Å². The zero-order valence-corrected chi connectivity index (χ0v) is 9.43. The van der Waals surface area contributed by atoms with Gasteiger partial charge in [-0.15, -0.1) is 0 Å². The number of hydrogen-bond donors (Lipinski definition) is 1. The molecule has 1 N–H and O–H groups in total. The van der Waals surface area contributed by atoms with Gasteiger partial charge in [0.1, 0.15) is 0 Å². The Morgan fingerprint density at radius 1 is 1.06 bits per heavy atom. The molecule has 0 bridgehead atoms. The second-order valence-corrected chi connectivity index (χ2v) is 3.73. The molecule has 1 unspecified atom stereocenters. The quantitative estimate of drug-likeness (QED) is 0.836. The molecule has 2 rings (SSSR count). The molecule has 82 valence electrons. The molecule has 0 spiro atoms. The summed E-state index contributed by atoms with van der Waals surface area (Å²) >= 11 is 0. The van der Waals surface area contributed by atoms with Gasteiger partial charge in [-0.2, -0.15) is 0 Å². The van der Waals surface area contributed by atoms with Gasteiger partial charge in [0.2, 0.25) is 0 Å². The minimum Gasteiger partial charge on any atom is -0.377 e. The fourth-order valence-corrected chi connectivity index (χ4v) is 1.70. The molecular weight excluding hydrogens is 196 g/mol. The summed E-state index contributed by atoms with van der Waals surface area (Å²) in [5.74, 6) is 0. The smallest absolute Gasteiger partial charge is 0.0682 e. The predicted octanol–water partition coefficient (Wildman–Crippen LogP) is 3.64. The first-order valence-electron chi connectivity index (χ1n) is 5.62. The largest absolute Gasteiger partial charge is 0.377 e. The Kier molecular flexibility index (Phi) is 3.54. The standard InChI is InChI=1S/C14H16N2/c1-2-13(14-10-6-7-11-15-14)16-12-8-4-3-5-9-12/h3-11,13,16H,2H2,1H3. The van der Waals surface area contributed by atoms with Gasteiger partial charge >= 0.3 is 0 Å². The van der Waals surface area contributed by atoms with Crippen LogP contribution >= 0.6 is 0 Å². The van der Waals surface area contributed by atoms with E-state index in [4.69, 9.17) is 0 Å². The number of para-hydroxylation sites is 1. The van der Waals surface area contributed by atoms with Crippen LogP contribution in [0.4, 0.5) is 5.69 Å². The summed E-state index contributed by atoms with van der Waals surface area (Å²) in [6.45, 7) is 2.16. The third-order valence-electron chi connectivity index (χ3n) is 2.57. The molecule has 1 heterocycles. The highest BCUT2D eigenvalue weighted by molar-refractivity contribution is 5.44. The van der Waals surface area contributed by atoms with Gasteiger partial charge in [-0.3, -0.25) is 4.98 Å². The maximum Gasteiger partial charge on any atom is 0.0682 e. The van der Waals surface area contributed by atoms with Gasteiger partial charge in [0.15, 0.2) is 0 Å². The van der Waals surface area contributed by atoms with Crippen LogP contribution in [0.1, 0.15) is 25.1 Å². The molecular formula is C14H16N2. The van der Waals surface area contributed by atoms with Gasteiger partial charge in [0.05, 0.1) is 11.7 Å². The van der Waals surface area contributed by atoms with E-state index < -0.39 is 0 Å². The Bertz CT molecular complexity index is 411. The number of pyridine rings is 1. The lowest BCUT2D eigenvalue weighted by molar-refractivity contribution is 0.723. The Morgan fingerprint density at radius 3 is 2.44 bits per heavy atom. The Labute approximate surface area is 96.4 Å². The second-order valence-electron chi connectivity index (χ2n) is 3.73. The number of hydrogen-bond acceptors (Lipinski definition) is 2. The Hall–Kier alpha value is -1.83. The van der Waals surface area contributed by atoms with Gasteiger partial charge in [0.25, 0.3) is 0 Å². The van der Waals surface area contributed by atoms with Gasteiger partial charge in [-0.05, 0) is 30.7 Å². The van der Waals surface area contributed by atoms with Crippen molar-refractivity contribution in [1.82, 2.24) is 4.98 Å². The van der Waals surface area contributed by atoms with Crippen molar-refractivity contribution in [3.63, 3.8) is 0 Å². The second kappa shape index (κ2) is 5.31. The summed E-state index contributed by atoms with van der Waals surface area (Å²) in [6, 6.07) is 16.6. The van der Waals surface area contributed by atoms with Crippen LogP contribution < -0.4 is 5.32 Å². The molecule has 16 heavy (non-hydrogen) atoms. The van der Waals surface area contributed by atoms with Crippen LogP contribution in [0, 0.1) is 0 Å². The summed E-state index contributed by atoms with van der Waals surface area (Å²) in [4.78, 5) is 4.38. The van der Waals surface area contributed by atoms with Crippen LogP contribution in [0.5, 0.6) is 0 Å². The lowest BCUT2D eigenvalue weighted by Crippen LogP contribution is -2.10. The molecule has 0 saturated carbocycles. The summed E-state index contributed by atoms with van der Waals surface area (Å²) in [5, 5.41) is 3.48. The molecule has 2 aromatic rings. The van der Waals surface area contributed by atoms with E-state index in [0.29, 0.717) is 0 Å². The molecule has 0 aliphatic carbocycles. The molecule has 0 saturated heterocycles. The first-order valence-corrected chi connectivity index (χ1v) is 5.62. The average molecular weight is 212 g/mol. The summed E-state index contributed by atoms with van der Waals surface area (Å²) < 4.78 is 0. The monoisotopic (exact) mass is 212 g/mol. The summed E-state index contributed by atoms with van der Waals surface area (Å²) in [6.07, 6.45) is 2.86. The molecule has 0 aliphatic heterocycles. The highest BCUT2D eigenvalue weighted by atomic mass is 14.9. The molecule has 2 nitrogen and oxygen atoms in total. The fourth-order valence-electron chi connectivity index (χ4n) is 1.70. The van der Waals surface area contributed by atoms with Crippen LogP contribution in [0.25, 0.3) is 0 Å². The van der Waals surface area contributed by atoms with Crippen LogP contribution in [-0.4, -0.2) is 4.98 Å². The zero-order valence-electron chi connectivity index (χ0n) is 9.43. The molecule has 0 aliphatic rings. The first-order chi connectivity index (χ1) is 7.90. The highest BCUT2D eigenvalue weighted by Crippen LogP contribution is 2.20. The topological polar surface area (TPSA) is 24.9 Å². The maximum absolute atomic E-state index is 4.38. The van der Waals surface area contributed by atoms with Crippen molar-refractivity contribution in [2.24, 2.45) is 0 Å². The number of rotatable bonds is 4. The number of nitrogens with zero attached hydrogens (tertiary/aromatic N) is 1. The van der Waals surface area contributed by atoms with Gasteiger partial charge in [-0.25, -0.2) is 0 Å². The highest BCUT2D eigenvalue weighted by Gasteiger charge is 2.08. The SMILES string of the molecule is CCC(Nc1ccccc1)c1ccccn1. The summed E-state index contributed by atoms with van der Waals surface area (Å²) in [5.41, 5.74) is 2.23. The van der Waals surface area contributed by atoms with E-state index >= 15 is 0 Å². The number of aromatic nitrogens is 1. The molecule has 0 amide bonds. The minimum absolute atomic E-state index is 0.281. The normalized spacial score (nSPS) is 12.1. The van der Waals surface area contributed by atoms with E-state index in [0.717, 1.165) is 17.8 Å². The van der Waals surface area contributed by atoms with E-state index in [-0.39, 0.29) is 6.04 Å². The van der Waals surface area contributed by atoms with Crippen molar-refractivity contribution in [3.05, 3.63) is 60.4 Å². The van der Waals surface area contributed by atoms with Crippen LogP contribution in [0.3, 0.4) is 0 Å². The number of benzene rings is 1. The minimum atomic E-state index is 0.281. The van der Waals surface area contributed by atoms with Crippen molar-refractivity contribution in [1.29, 1.82) is 0 Å². The van der Waals surface area contributed by atoms with Gasteiger partial charge < -0.3 is 5.32 Å². The van der Waals surface area contributed by atoms with Crippen molar-refractivity contribution >= 4 is 5.69 Å². The lowest BCUT2D eigenvalue weighted by atomic mass is 10.1. The third kappa shape index (κ3) is 2.60. The molecule has 0 radical (unpaired) electrons. The molecule has 0 fully saturated rings. The lowest BCUT2D eigenvalue weighted by Gasteiger charge is -2.17. The Balaban J connectivity index is 2.13. The Morgan fingerprint density at radius 2 is 1.81 bits per heavy atom. The van der Waals surface area contributed by atoms with Crippen molar-refractivity contribution in [3.8, 4) is 0 Å². The van der Waals surface area contributed by atoms with Crippen LogP contribution in [-0.2, 0) is 0 Å². The molecule has 1 atom stereocenters. The van der Waals surface area contributed by atoms with Crippen molar-refractivity contribution in [2.45, 2.75) is 19.4 Å². The average Bonchev–Trinajstić information content (AvgIpc) is 2.38. The van der Waals surface area contributed by atoms with E-state index in [1.807, 2.05) is 36.5 Å². The fraction of sp³-hybridized carbons (Fsp3) is 0.214. The van der Waals surface area contributed by atoms with E-state index in [1.54, 1.807) is 0 Å². The predicted molar refractivity (Wildman–Crippen MR) is 67.3 cm³/mol. The molecule has 1 aromatic carbocycles. The maximum atomic E-state index is 4.38. The third-order valence-corrected chi connectivity index (χ3v) is 2.57. The number of anilines is 1. The van der Waals surface area contributed by atoms with Crippen LogP contribution in [0.15, 0.2) is 54.7 Å². The van der Waals surface area contributed by atoms with Gasteiger partial charge in [0, 0.05) is 11.9 Å². The van der Waals surface area contributed by atoms with Gasteiger partial charge in [-0.1, -0.05) is 31.2 Å². The van der Waals surface area contributed by atoms with Crippen molar-refractivity contribution in [2.75, 3.05) is 5.32 Å². The number of nitrogens with one attached hydrogen (secondary N) is 1. The summed E-state index contributed by atoms with van der Waals surface area (Å²) in [7, 11) is 0. The van der Waals surface area contributed by atoms with Crippen LogP contribution in [0.2, 0.25) is 0 Å². The molecule has 2 heteroatoms. The van der Waals surface area contributed by atoms with Crippen molar-refractivity contribution < 1.29 is 0 Å². The zero-order chi connectivity index (χ0) is 11.2. The first kappa shape index (κ1) is 10.7. The molecule has 1 aromatic heterocycles. The van der Waals surface area contributed by atoms with E-state index in [9.17, 15) is 0 Å².